The second kappa shape index (κ2) is 6.97. The van der Waals surface area contributed by atoms with Gasteiger partial charge >= 0.3 is 0 Å². The Kier molecular flexibility index (Phi) is 5.02. The Labute approximate surface area is 138 Å². The van der Waals surface area contributed by atoms with Gasteiger partial charge in [-0.3, -0.25) is 20.2 Å². The molecule has 2 rings (SSSR count). The van der Waals surface area contributed by atoms with Crippen molar-refractivity contribution in [2.75, 3.05) is 5.32 Å². The number of carbonyl (C=O) groups excluding carboxylic acids is 1. The zero-order valence-electron chi connectivity index (χ0n) is 12.6. The van der Waals surface area contributed by atoms with E-state index in [0.29, 0.717) is 5.56 Å². The fourth-order valence-corrected chi connectivity index (χ4v) is 2.22. The second-order valence-electron chi connectivity index (χ2n) is 5.03. The van der Waals surface area contributed by atoms with Crippen LogP contribution in [0.15, 0.2) is 42.5 Å². The number of nitrogens with zero attached hydrogens (tertiary/aromatic N) is 1. The Balaban J connectivity index is 2.01. The first-order valence-electron chi connectivity index (χ1n) is 6.81. The van der Waals surface area contributed by atoms with Gasteiger partial charge in [0.15, 0.2) is 5.11 Å². The van der Waals surface area contributed by atoms with Crippen molar-refractivity contribution in [3.63, 3.8) is 0 Å². The van der Waals surface area contributed by atoms with E-state index in [1.54, 1.807) is 0 Å². The van der Waals surface area contributed by atoms with E-state index in [0.717, 1.165) is 16.8 Å². The molecule has 0 aliphatic carbocycles. The number of nitro groups is 1. The van der Waals surface area contributed by atoms with Gasteiger partial charge in [0, 0.05) is 23.4 Å². The normalized spacial score (nSPS) is 10.0. The van der Waals surface area contributed by atoms with Crippen LogP contribution in [0.4, 0.5) is 11.4 Å². The molecule has 0 saturated heterocycles. The van der Waals surface area contributed by atoms with Crippen LogP contribution in [0.3, 0.4) is 0 Å². The number of aryl methyl sites for hydroxylation is 2. The van der Waals surface area contributed by atoms with Crippen molar-refractivity contribution in [1.82, 2.24) is 5.32 Å². The van der Waals surface area contributed by atoms with E-state index in [2.05, 4.69) is 10.6 Å². The number of anilines is 1. The van der Waals surface area contributed by atoms with Crippen molar-refractivity contribution in [3.8, 4) is 0 Å². The van der Waals surface area contributed by atoms with Crippen LogP contribution in [0.5, 0.6) is 0 Å². The van der Waals surface area contributed by atoms with E-state index in [4.69, 9.17) is 12.2 Å². The number of amides is 1. The number of hydrogen-bond acceptors (Lipinski definition) is 4. The number of hydrogen-bond donors (Lipinski definition) is 2. The summed E-state index contributed by atoms with van der Waals surface area (Å²) in [7, 11) is 0. The van der Waals surface area contributed by atoms with Crippen LogP contribution >= 0.6 is 12.2 Å². The Morgan fingerprint density at radius 2 is 1.78 bits per heavy atom. The van der Waals surface area contributed by atoms with Gasteiger partial charge in [0.25, 0.3) is 11.6 Å². The molecule has 118 valence electrons. The first-order valence-corrected chi connectivity index (χ1v) is 7.21. The Hall–Kier alpha value is -2.80. The van der Waals surface area contributed by atoms with Gasteiger partial charge in [-0.2, -0.15) is 0 Å². The average molecular weight is 329 g/mol. The zero-order valence-corrected chi connectivity index (χ0v) is 13.4. The number of thiocarbonyl (C=S) groups is 1. The highest BCUT2D eigenvalue weighted by molar-refractivity contribution is 7.80. The van der Waals surface area contributed by atoms with E-state index in [1.165, 1.54) is 24.3 Å². The molecule has 0 aromatic heterocycles. The molecule has 6 nitrogen and oxygen atoms in total. The van der Waals surface area contributed by atoms with Crippen LogP contribution in [0.2, 0.25) is 0 Å². The van der Waals surface area contributed by atoms with Crippen molar-refractivity contribution in [2.45, 2.75) is 13.8 Å². The number of nitrogens with one attached hydrogen (secondary N) is 2. The van der Waals surface area contributed by atoms with Crippen molar-refractivity contribution >= 4 is 34.6 Å². The quantitative estimate of drug-likeness (QED) is 0.512. The number of nitro benzene ring substituents is 1. The molecular formula is C16H15N3O3S. The van der Waals surface area contributed by atoms with Gasteiger partial charge in [0.05, 0.1) is 4.92 Å². The fourth-order valence-electron chi connectivity index (χ4n) is 2.02. The molecular weight excluding hydrogens is 314 g/mol. The summed E-state index contributed by atoms with van der Waals surface area (Å²) in [5.41, 5.74) is 3.17. The molecule has 2 N–H and O–H groups in total. The summed E-state index contributed by atoms with van der Waals surface area (Å²) in [6.07, 6.45) is 0. The molecule has 0 saturated carbocycles. The standard InChI is InChI=1S/C16H15N3O3S/c1-10-3-8-14(11(2)9-10)17-16(23)18-15(20)12-4-6-13(7-5-12)19(21)22/h3-9H,1-2H3,(H2,17,18,20,23). The third-order valence-electron chi connectivity index (χ3n) is 3.20. The topological polar surface area (TPSA) is 84.3 Å². The van der Waals surface area contributed by atoms with E-state index in [-0.39, 0.29) is 10.8 Å². The Morgan fingerprint density at radius 1 is 1.13 bits per heavy atom. The number of benzene rings is 2. The van der Waals surface area contributed by atoms with Gasteiger partial charge in [0.2, 0.25) is 0 Å². The lowest BCUT2D eigenvalue weighted by Gasteiger charge is -2.12. The number of carbonyl (C=O) groups is 1. The summed E-state index contributed by atoms with van der Waals surface area (Å²) in [5.74, 6) is -0.429. The van der Waals surface area contributed by atoms with E-state index < -0.39 is 10.8 Å². The van der Waals surface area contributed by atoms with Gasteiger partial charge < -0.3 is 5.32 Å². The van der Waals surface area contributed by atoms with Gasteiger partial charge in [-0.15, -0.1) is 0 Å². The number of rotatable bonds is 3. The molecule has 23 heavy (non-hydrogen) atoms. The Morgan fingerprint density at radius 3 is 2.35 bits per heavy atom. The molecule has 2 aromatic carbocycles. The zero-order chi connectivity index (χ0) is 17.0. The summed E-state index contributed by atoms with van der Waals surface area (Å²) in [4.78, 5) is 22.1. The molecule has 0 bridgehead atoms. The molecule has 0 fully saturated rings. The van der Waals surface area contributed by atoms with E-state index >= 15 is 0 Å². The smallest absolute Gasteiger partial charge is 0.269 e. The van der Waals surface area contributed by atoms with Gasteiger partial charge in [-0.1, -0.05) is 17.7 Å². The molecule has 0 aliphatic rings. The molecule has 1 amide bonds. The maximum Gasteiger partial charge on any atom is 0.269 e. The SMILES string of the molecule is Cc1ccc(NC(=S)NC(=O)c2ccc([N+](=O)[O-])cc2)c(C)c1. The van der Waals surface area contributed by atoms with Gasteiger partial charge in [0.1, 0.15) is 0 Å². The molecule has 0 spiro atoms. The average Bonchev–Trinajstić information content (AvgIpc) is 2.50. The van der Waals surface area contributed by atoms with Crippen LogP contribution < -0.4 is 10.6 Å². The highest BCUT2D eigenvalue weighted by Crippen LogP contribution is 2.16. The summed E-state index contributed by atoms with van der Waals surface area (Å²) >= 11 is 5.12. The molecule has 0 unspecified atom stereocenters. The highest BCUT2D eigenvalue weighted by Gasteiger charge is 2.11. The molecule has 2 aromatic rings. The van der Waals surface area contributed by atoms with E-state index in [1.807, 2.05) is 32.0 Å². The molecule has 0 aliphatic heterocycles. The lowest BCUT2D eigenvalue weighted by molar-refractivity contribution is -0.384. The third kappa shape index (κ3) is 4.33. The molecule has 7 heteroatoms. The predicted octanol–water partition coefficient (Wildman–Crippen LogP) is 3.34. The van der Waals surface area contributed by atoms with Crippen LogP contribution in [0.1, 0.15) is 21.5 Å². The summed E-state index contributed by atoms with van der Waals surface area (Å²) in [6.45, 7) is 3.93. The maximum atomic E-state index is 12.1. The third-order valence-corrected chi connectivity index (χ3v) is 3.40. The summed E-state index contributed by atoms with van der Waals surface area (Å²) in [6, 6.07) is 11.1. The summed E-state index contributed by atoms with van der Waals surface area (Å²) < 4.78 is 0. The fraction of sp³-hybridized carbons (Fsp3) is 0.125. The monoisotopic (exact) mass is 329 g/mol. The van der Waals surface area contributed by atoms with Crippen molar-refractivity contribution < 1.29 is 9.72 Å². The van der Waals surface area contributed by atoms with Crippen LogP contribution in [0.25, 0.3) is 0 Å². The molecule has 0 heterocycles. The minimum Gasteiger partial charge on any atom is -0.332 e. The van der Waals surface area contributed by atoms with Crippen molar-refractivity contribution in [2.24, 2.45) is 0 Å². The first-order chi connectivity index (χ1) is 10.9. The van der Waals surface area contributed by atoms with Crippen molar-refractivity contribution in [1.29, 1.82) is 0 Å². The largest absolute Gasteiger partial charge is 0.332 e. The highest BCUT2D eigenvalue weighted by atomic mass is 32.1. The summed E-state index contributed by atoms with van der Waals surface area (Å²) in [5, 5.41) is 16.3. The van der Waals surface area contributed by atoms with E-state index in [9.17, 15) is 14.9 Å². The van der Waals surface area contributed by atoms with Crippen LogP contribution in [-0.2, 0) is 0 Å². The van der Waals surface area contributed by atoms with Gasteiger partial charge in [-0.25, -0.2) is 0 Å². The first kappa shape index (κ1) is 16.6. The van der Waals surface area contributed by atoms with Crippen LogP contribution in [0, 0.1) is 24.0 Å². The van der Waals surface area contributed by atoms with Crippen molar-refractivity contribution in [3.05, 3.63) is 69.3 Å². The maximum absolute atomic E-state index is 12.1. The van der Waals surface area contributed by atoms with Crippen LogP contribution in [-0.4, -0.2) is 15.9 Å². The molecule has 0 radical (unpaired) electrons. The lowest BCUT2D eigenvalue weighted by Crippen LogP contribution is -2.34. The van der Waals surface area contributed by atoms with Gasteiger partial charge in [-0.05, 0) is 49.8 Å². The minimum absolute atomic E-state index is 0.0717. The molecule has 0 atom stereocenters. The predicted molar refractivity (Wildman–Crippen MR) is 92.7 cm³/mol. The lowest BCUT2D eigenvalue weighted by atomic mass is 10.1. The minimum atomic E-state index is -0.520. The second-order valence-corrected chi connectivity index (χ2v) is 5.44. The number of non-ortho nitro benzene ring substituents is 1. The Bertz CT molecular complexity index is 773.